The molecule has 0 saturated carbocycles. The zero-order valence-electron chi connectivity index (χ0n) is 14.6. The van der Waals surface area contributed by atoms with Crippen molar-refractivity contribution < 1.29 is 4.39 Å². The lowest BCUT2D eigenvalue weighted by molar-refractivity contribution is 0.624. The van der Waals surface area contributed by atoms with Gasteiger partial charge in [0.2, 0.25) is 0 Å². The molecule has 0 fully saturated rings. The summed E-state index contributed by atoms with van der Waals surface area (Å²) in [6, 6.07) is 6.62. The van der Waals surface area contributed by atoms with Crippen LogP contribution in [0.15, 0.2) is 52.9 Å². The highest BCUT2D eigenvalue weighted by molar-refractivity contribution is 7.99. The molecule has 0 bridgehead atoms. The summed E-state index contributed by atoms with van der Waals surface area (Å²) in [5.41, 5.74) is 0. The second kappa shape index (κ2) is 11.5. The first-order chi connectivity index (χ1) is 12.3. The first-order valence-corrected chi connectivity index (χ1v) is 9.63. The molecule has 0 unspecified atom stereocenters. The van der Waals surface area contributed by atoms with Crippen molar-refractivity contribution in [3.05, 3.63) is 48.8 Å². The maximum Gasteiger partial charge on any atom is 0.191 e. The molecule has 136 valence electrons. The number of nitrogens with one attached hydrogen (secondary N) is 2. The molecule has 1 aromatic carbocycles. The van der Waals surface area contributed by atoms with Crippen molar-refractivity contribution in [3.8, 4) is 0 Å². The Labute approximate surface area is 153 Å². The van der Waals surface area contributed by atoms with Crippen LogP contribution in [0.5, 0.6) is 0 Å². The standard InChI is InChI=1S/C18H26FN5S/c1-2-21-18(22-9-3-12-24-13-11-20-15-24)23-10-4-14-25-17-7-5-16(19)6-8-17/h5-8,11,13,15H,2-4,9-10,12,14H2,1H3,(H2,21,22,23). The maximum absolute atomic E-state index is 12.9. The average Bonchev–Trinajstić information content (AvgIpc) is 3.13. The number of benzene rings is 1. The van der Waals surface area contributed by atoms with Crippen LogP contribution in [0, 0.1) is 5.82 Å². The number of aliphatic imine (C=N–C) groups is 1. The Bertz CT molecular complexity index is 613. The van der Waals surface area contributed by atoms with Gasteiger partial charge in [0.25, 0.3) is 0 Å². The van der Waals surface area contributed by atoms with Gasteiger partial charge in [-0.1, -0.05) is 0 Å². The molecule has 1 aromatic heterocycles. The van der Waals surface area contributed by atoms with Crippen molar-refractivity contribution in [2.24, 2.45) is 4.99 Å². The van der Waals surface area contributed by atoms with Crippen molar-refractivity contribution in [3.63, 3.8) is 0 Å². The third kappa shape index (κ3) is 8.07. The van der Waals surface area contributed by atoms with Crippen LogP contribution < -0.4 is 10.6 Å². The quantitative estimate of drug-likeness (QED) is 0.295. The van der Waals surface area contributed by atoms with E-state index in [1.807, 2.05) is 24.7 Å². The molecular formula is C18H26FN5S. The molecule has 0 spiro atoms. The first-order valence-electron chi connectivity index (χ1n) is 8.64. The van der Waals surface area contributed by atoms with Gasteiger partial charge in [-0.3, -0.25) is 4.99 Å². The average molecular weight is 364 g/mol. The molecule has 5 nitrogen and oxygen atoms in total. The van der Waals surface area contributed by atoms with Crippen molar-refractivity contribution in [1.29, 1.82) is 0 Å². The van der Waals surface area contributed by atoms with E-state index in [-0.39, 0.29) is 5.82 Å². The van der Waals surface area contributed by atoms with E-state index in [1.165, 1.54) is 12.1 Å². The van der Waals surface area contributed by atoms with Crippen LogP contribution in [-0.2, 0) is 6.54 Å². The predicted molar refractivity (Wildman–Crippen MR) is 103 cm³/mol. The number of aryl methyl sites for hydroxylation is 1. The molecule has 1 heterocycles. The van der Waals surface area contributed by atoms with Gasteiger partial charge in [0.15, 0.2) is 5.96 Å². The van der Waals surface area contributed by atoms with Crippen LogP contribution in [0.4, 0.5) is 4.39 Å². The van der Waals surface area contributed by atoms with Gasteiger partial charge >= 0.3 is 0 Å². The van der Waals surface area contributed by atoms with Crippen LogP contribution in [0.2, 0.25) is 0 Å². The van der Waals surface area contributed by atoms with Crippen LogP contribution in [-0.4, -0.2) is 40.9 Å². The van der Waals surface area contributed by atoms with E-state index in [0.29, 0.717) is 0 Å². The molecule has 25 heavy (non-hydrogen) atoms. The Morgan fingerprint density at radius 1 is 1.24 bits per heavy atom. The van der Waals surface area contributed by atoms with Gasteiger partial charge in [-0.2, -0.15) is 0 Å². The van der Waals surface area contributed by atoms with Gasteiger partial charge < -0.3 is 15.2 Å². The number of halogens is 1. The molecule has 2 N–H and O–H groups in total. The van der Waals surface area contributed by atoms with Crippen molar-refractivity contribution in [2.45, 2.75) is 31.2 Å². The summed E-state index contributed by atoms with van der Waals surface area (Å²) in [6.07, 6.45) is 7.59. The number of guanidine groups is 1. The second-order valence-corrected chi connectivity index (χ2v) is 6.67. The Balaban J connectivity index is 1.61. The van der Waals surface area contributed by atoms with E-state index < -0.39 is 0 Å². The molecule has 2 rings (SSSR count). The maximum atomic E-state index is 12.9. The molecule has 0 aliphatic carbocycles. The smallest absolute Gasteiger partial charge is 0.191 e. The van der Waals surface area contributed by atoms with E-state index >= 15 is 0 Å². The molecule has 0 atom stereocenters. The fourth-order valence-corrected chi connectivity index (χ4v) is 3.04. The summed E-state index contributed by atoms with van der Waals surface area (Å²) in [4.78, 5) is 9.72. The Morgan fingerprint density at radius 2 is 2.08 bits per heavy atom. The van der Waals surface area contributed by atoms with E-state index in [9.17, 15) is 4.39 Å². The number of imidazole rings is 1. The second-order valence-electron chi connectivity index (χ2n) is 5.50. The molecule has 0 radical (unpaired) electrons. The van der Waals surface area contributed by atoms with Gasteiger partial charge in [0.05, 0.1) is 6.33 Å². The molecule has 0 saturated heterocycles. The van der Waals surface area contributed by atoms with Crippen LogP contribution >= 0.6 is 11.8 Å². The number of rotatable bonds is 10. The van der Waals surface area contributed by atoms with Gasteiger partial charge in [-0.15, -0.1) is 11.8 Å². The Morgan fingerprint density at radius 3 is 2.80 bits per heavy atom. The lowest BCUT2D eigenvalue weighted by Gasteiger charge is -2.11. The summed E-state index contributed by atoms with van der Waals surface area (Å²) in [7, 11) is 0. The molecule has 0 aliphatic heterocycles. The molecule has 0 amide bonds. The summed E-state index contributed by atoms with van der Waals surface area (Å²) in [5.74, 6) is 1.64. The minimum atomic E-state index is -0.191. The normalized spacial score (nSPS) is 11.5. The molecule has 0 aliphatic rings. The predicted octanol–water partition coefficient (Wildman–Crippen LogP) is 3.15. The minimum Gasteiger partial charge on any atom is -0.357 e. The lowest BCUT2D eigenvalue weighted by Crippen LogP contribution is -2.38. The van der Waals surface area contributed by atoms with Gasteiger partial charge in [-0.25, -0.2) is 9.37 Å². The summed E-state index contributed by atoms with van der Waals surface area (Å²) < 4.78 is 14.9. The largest absolute Gasteiger partial charge is 0.357 e. The molecule has 7 heteroatoms. The summed E-state index contributed by atoms with van der Waals surface area (Å²) in [5, 5.41) is 6.62. The van der Waals surface area contributed by atoms with Crippen LogP contribution in [0.3, 0.4) is 0 Å². The number of hydrogen-bond acceptors (Lipinski definition) is 3. The molecule has 2 aromatic rings. The number of thioether (sulfide) groups is 1. The number of hydrogen-bond donors (Lipinski definition) is 2. The summed E-state index contributed by atoms with van der Waals surface area (Å²) in [6.45, 7) is 5.49. The van der Waals surface area contributed by atoms with Gasteiger partial charge in [0, 0.05) is 43.5 Å². The third-order valence-corrected chi connectivity index (χ3v) is 4.54. The Kier molecular flexibility index (Phi) is 8.90. The Hall–Kier alpha value is -2.02. The third-order valence-electron chi connectivity index (χ3n) is 3.44. The van der Waals surface area contributed by atoms with Crippen LogP contribution in [0.1, 0.15) is 19.8 Å². The topological polar surface area (TPSA) is 54.2 Å². The summed E-state index contributed by atoms with van der Waals surface area (Å²) >= 11 is 1.73. The zero-order chi connectivity index (χ0) is 17.7. The SMILES string of the molecule is CCNC(=NCCCSc1ccc(F)cc1)NCCCn1ccnc1. The van der Waals surface area contributed by atoms with Crippen molar-refractivity contribution in [1.82, 2.24) is 20.2 Å². The van der Waals surface area contributed by atoms with Gasteiger partial charge in [0.1, 0.15) is 5.82 Å². The number of aromatic nitrogens is 2. The van der Waals surface area contributed by atoms with Gasteiger partial charge in [-0.05, 0) is 49.8 Å². The van der Waals surface area contributed by atoms with Crippen molar-refractivity contribution >= 4 is 17.7 Å². The highest BCUT2D eigenvalue weighted by atomic mass is 32.2. The monoisotopic (exact) mass is 363 g/mol. The first kappa shape index (κ1) is 19.3. The van der Waals surface area contributed by atoms with E-state index in [0.717, 1.165) is 55.6 Å². The van der Waals surface area contributed by atoms with Crippen molar-refractivity contribution in [2.75, 3.05) is 25.4 Å². The minimum absolute atomic E-state index is 0.191. The van der Waals surface area contributed by atoms with E-state index in [4.69, 9.17) is 0 Å². The fraction of sp³-hybridized carbons (Fsp3) is 0.444. The van der Waals surface area contributed by atoms with E-state index in [1.54, 1.807) is 18.0 Å². The van der Waals surface area contributed by atoms with Crippen LogP contribution in [0.25, 0.3) is 0 Å². The highest BCUT2D eigenvalue weighted by Gasteiger charge is 1.98. The van der Waals surface area contributed by atoms with E-state index in [2.05, 4.69) is 32.1 Å². The zero-order valence-corrected chi connectivity index (χ0v) is 15.4. The fourth-order valence-electron chi connectivity index (χ4n) is 2.21. The lowest BCUT2D eigenvalue weighted by atomic mass is 10.4. The number of nitrogens with zero attached hydrogens (tertiary/aromatic N) is 3. The highest BCUT2D eigenvalue weighted by Crippen LogP contribution is 2.18. The molecular weight excluding hydrogens is 337 g/mol.